The molecule has 160 valence electrons. The number of nitrogens with zero attached hydrogens (tertiary/aromatic N) is 2. The zero-order valence-corrected chi connectivity index (χ0v) is 17.4. The number of carbonyl (C=O) groups excluding carboxylic acids is 4. The van der Waals surface area contributed by atoms with E-state index in [1.54, 1.807) is 9.80 Å². The Kier molecular flexibility index (Phi) is 4.23. The first-order valence-electron chi connectivity index (χ1n) is 12.0. The van der Waals surface area contributed by atoms with Crippen LogP contribution in [0, 0.1) is 35.5 Å². The van der Waals surface area contributed by atoms with Crippen molar-refractivity contribution in [3.8, 4) is 0 Å². The summed E-state index contributed by atoms with van der Waals surface area (Å²) in [6, 6.07) is 0.0162. The quantitative estimate of drug-likeness (QED) is 0.518. The fourth-order valence-corrected chi connectivity index (χ4v) is 7.67. The smallest absolute Gasteiger partial charge is 0.233 e. The maximum absolute atomic E-state index is 13.5. The molecule has 0 aromatic heterocycles. The number of hydrogen-bond acceptors (Lipinski definition) is 4. The van der Waals surface area contributed by atoms with E-state index in [0.717, 1.165) is 64.2 Å². The standard InChI is InChI=1S/C24H30N2O4/c27-21-17-15-11-12-16(18(17)22(28)25(21)13-7-3-1-4-8-13)20-19(15)23(29)26(24(20)30)14-9-5-2-6-10-14/h11-20H,1-10H2/t15?,16?,17-,18-,19-,20+/m1/s1. The monoisotopic (exact) mass is 410 g/mol. The van der Waals surface area contributed by atoms with Gasteiger partial charge >= 0.3 is 0 Å². The lowest BCUT2D eigenvalue weighted by Gasteiger charge is -2.44. The van der Waals surface area contributed by atoms with E-state index in [-0.39, 0.29) is 47.5 Å². The molecule has 2 saturated heterocycles. The summed E-state index contributed by atoms with van der Waals surface area (Å²) in [6.45, 7) is 0. The van der Waals surface area contributed by atoms with E-state index >= 15 is 0 Å². The third-order valence-electron chi connectivity index (χ3n) is 8.96. The molecule has 0 N–H and O–H groups in total. The van der Waals surface area contributed by atoms with E-state index in [1.807, 2.05) is 12.2 Å². The van der Waals surface area contributed by atoms with Crippen LogP contribution in [0.4, 0.5) is 0 Å². The minimum absolute atomic E-state index is 0.00808. The molecule has 2 unspecified atom stereocenters. The van der Waals surface area contributed by atoms with Gasteiger partial charge in [-0.2, -0.15) is 0 Å². The number of carbonyl (C=O) groups is 4. The van der Waals surface area contributed by atoms with Gasteiger partial charge in [0.15, 0.2) is 0 Å². The summed E-state index contributed by atoms with van der Waals surface area (Å²) < 4.78 is 0. The van der Waals surface area contributed by atoms with Crippen molar-refractivity contribution in [2.75, 3.05) is 0 Å². The molecule has 0 aromatic carbocycles. The average molecular weight is 411 g/mol. The van der Waals surface area contributed by atoms with Crippen LogP contribution in [-0.4, -0.2) is 45.5 Å². The summed E-state index contributed by atoms with van der Waals surface area (Å²) in [6.07, 6.45) is 14.1. The Morgan fingerprint density at radius 1 is 0.500 bits per heavy atom. The molecule has 7 aliphatic rings. The molecule has 30 heavy (non-hydrogen) atoms. The molecule has 5 aliphatic carbocycles. The van der Waals surface area contributed by atoms with Gasteiger partial charge in [-0.3, -0.25) is 29.0 Å². The van der Waals surface area contributed by atoms with Crippen LogP contribution in [0.2, 0.25) is 0 Å². The highest BCUT2D eigenvalue weighted by Gasteiger charge is 2.69. The van der Waals surface area contributed by atoms with E-state index in [0.29, 0.717) is 0 Å². The third-order valence-corrected chi connectivity index (χ3v) is 8.96. The second kappa shape index (κ2) is 6.76. The number of likely N-dealkylation sites (tertiary alicyclic amines) is 2. The van der Waals surface area contributed by atoms with E-state index in [9.17, 15) is 19.2 Å². The molecule has 6 heteroatoms. The Labute approximate surface area is 177 Å². The van der Waals surface area contributed by atoms with Gasteiger partial charge in [0.1, 0.15) is 0 Å². The van der Waals surface area contributed by atoms with Gasteiger partial charge in [0, 0.05) is 23.9 Å². The van der Waals surface area contributed by atoms with Crippen LogP contribution < -0.4 is 0 Å². The highest BCUT2D eigenvalue weighted by atomic mass is 16.2. The first-order valence-corrected chi connectivity index (χ1v) is 12.0. The van der Waals surface area contributed by atoms with Crippen LogP contribution in [0.5, 0.6) is 0 Å². The summed E-state index contributed by atoms with van der Waals surface area (Å²) in [5.41, 5.74) is 0. The fourth-order valence-electron chi connectivity index (χ4n) is 7.67. The second-order valence-corrected chi connectivity index (χ2v) is 10.3. The molecule has 5 fully saturated rings. The summed E-state index contributed by atoms with van der Waals surface area (Å²) in [4.78, 5) is 56.9. The molecule has 0 aromatic rings. The van der Waals surface area contributed by atoms with Crippen molar-refractivity contribution < 1.29 is 19.2 Å². The van der Waals surface area contributed by atoms with Crippen molar-refractivity contribution in [3.63, 3.8) is 0 Å². The molecule has 0 radical (unpaired) electrons. The topological polar surface area (TPSA) is 74.8 Å². The van der Waals surface area contributed by atoms with E-state index in [4.69, 9.17) is 0 Å². The van der Waals surface area contributed by atoms with Crippen LogP contribution >= 0.6 is 0 Å². The zero-order valence-electron chi connectivity index (χ0n) is 17.4. The number of amides is 4. The highest BCUT2D eigenvalue weighted by Crippen LogP contribution is 2.58. The maximum Gasteiger partial charge on any atom is 0.233 e. The normalized spacial score (nSPS) is 41.7. The summed E-state index contributed by atoms with van der Waals surface area (Å²) >= 11 is 0. The van der Waals surface area contributed by atoms with E-state index in [2.05, 4.69) is 0 Å². The van der Waals surface area contributed by atoms with Gasteiger partial charge in [-0.15, -0.1) is 0 Å². The highest BCUT2D eigenvalue weighted by molar-refractivity contribution is 6.11. The van der Waals surface area contributed by atoms with Crippen molar-refractivity contribution in [2.45, 2.75) is 76.3 Å². The second-order valence-electron chi connectivity index (χ2n) is 10.3. The molecule has 2 bridgehead atoms. The Hall–Kier alpha value is -1.98. The minimum Gasteiger partial charge on any atom is -0.279 e. The van der Waals surface area contributed by atoms with Crippen molar-refractivity contribution >= 4 is 23.6 Å². The van der Waals surface area contributed by atoms with Gasteiger partial charge in [0.25, 0.3) is 0 Å². The molecule has 6 atom stereocenters. The van der Waals surface area contributed by atoms with Crippen molar-refractivity contribution in [2.24, 2.45) is 35.5 Å². The lowest BCUT2D eigenvalue weighted by molar-refractivity contribution is -0.143. The van der Waals surface area contributed by atoms with Crippen molar-refractivity contribution in [1.29, 1.82) is 0 Å². The van der Waals surface area contributed by atoms with Crippen LogP contribution in [0.1, 0.15) is 64.2 Å². The lowest BCUT2D eigenvalue weighted by atomic mass is 9.54. The molecular formula is C24H30N2O4. The number of imide groups is 2. The summed E-state index contributed by atoms with van der Waals surface area (Å²) in [5.74, 6) is -2.70. The van der Waals surface area contributed by atoms with E-state index in [1.165, 1.54) is 0 Å². The molecule has 2 heterocycles. The molecule has 6 nitrogen and oxygen atoms in total. The Bertz CT molecular complexity index is 726. The minimum atomic E-state index is -0.446. The average Bonchev–Trinajstić information content (AvgIpc) is 3.22. The molecule has 3 saturated carbocycles. The van der Waals surface area contributed by atoms with Crippen LogP contribution in [0.3, 0.4) is 0 Å². The van der Waals surface area contributed by atoms with Gasteiger partial charge in [-0.05, 0) is 25.7 Å². The Morgan fingerprint density at radius 3 is 1.10 bits per heavy atom. The molecule has 7 rings (SSSR count). The summed E-state index contributed by atoms with van der Waals surface area (Å²) in [5, 5.41) is 0. The van der Waals surface area contributed by atoms with E-state index < -0.39 is 23.7 Å². The largest absolute Gasteiger partial charge is 0.279 e. The summed E-state index contributed by atoms with van der Waals surface area (Å²) in [7, 11) is 0. The van der Waals surface area contributed by atoms with Crippen LogP contribution in [0.15, 0.2) is 12.2 Å². The van der Waals surface area contributed by atoms with Crippen LogP contribution in [0.25, 0.3) is 0 Å². The predicted molar refractivity (Wildman–Crippen MR) is 108 cm³/mol. The van der Waals surface area contributed by atoms with Gasteiger partial charge in [0.05, 0.1) is 23.7 Å². The molecular weight excluding hydrogens is 380 g/mol. The lowest BCUT2D eigenvalue weighted by Crippen LogP contribution is -2.50. The van der Waals surface area contributed by atoms with Gasteiger partial charge in [-0.1, -0.05) is 50.7 Å². The fraction of sp³-hybridized carbons (Fsp3) is 0.750. The molecule has 2 aliphatic heterocycles. The van der Waals surface area contributed by atoms with Crippen molar-refractivity contribution in [3.05, 3.63) is 12.2 Å². The number of allylic oxidation sites excluding steroid dienone is 2. The number of hydrogen-bond donors (Lipinski definition) is 0. The SMILES string of the molecule is O=C1[C@@H]2C3C=CC([C@H]2C(=O)N1C1CCCCC1)[C@@H]1C(=O)N(C2CCCCC2)C(=O)[C@H]31. The van der Waals surface area contributed by atoms with Crippen molar-refractivity contribution in [1.82, 2.24) is 9.80 Å². The number of rotatable bonds is 2. The molecule has 0 spiro atoms. The first-order chi connectivity index (χ1) is 14.6. The maximum atomic E-state index is 13.5. The van der Waals surface area contributed by atoms with Gasteiger partial charge in [-0.25, -0.2) is 0 Å². The predicted octanol–water partition coefficient (Wildman–Crippen LogP) is 2.67. The van der Waals surface area contributed by atoms with Gasteiger partial charge in [0.2, 0.25) is 23.6 Å². The zero-order chi connectivity index (χ0) is 20.6. The first kappa shape index (κ1) is 18.8. The Balaban J connectivity index is 1.33. The Morgan fingerprint density at radius 2 is 0.800 bits per heavy atom. The molecule has 4 amide bonds. The van der Waals surface area contributed by atoms with Crippen LogP contribution in [-0.2, 0) is 19.2 Å². The third kappa shape index (κ3) is 2.36. The van der Waals surface area contributed by atoms with Gasteiger partial charge < -0.3 is 0 Å².